The first-order valence-corrected chi connectivity index (χ1v) is 3.61. The van der Waals surface area contributed by atoms with Crippen molar-refractivity contribution in [2.75, 3.05) is 13.2 Å². The van der Waals surface area contributed by atoms with Crippen molar-refractivity contribution < 1.29 is 4.74 Å². The maximum atomic E-state index is 5.32. The minimum Gasteiger partial charge on any atom is -0.364 e. The largest absolute Gasteiger partial charge is 0.364 e. The van der Waals surface area contributed by atoms with Crippen LogP contribution in [0.1, 0.15) is 13.3 Å². The lowest BCUT2D eigenvalue weighted by Gasteiger charge is -2.05. The first-order chi connectivity index (χ1) is 4.83. The molecule has 1 aliphatic heterocycles. The van der Waals surface area contributed by atoms with Gasteiger partial charge in [0.05, 0.1) is 6.10 Å². The van der Waals surface area contributed by atoms with Crippen molar-refractivity contribution in [2.45, 2.75) is 25.5 Å². The number of terminal acetylenes is 1. The van der Waals surface area contributed by atoms with Gasteiger partial charge in [-0.1, -0.05) is 5.92 Å². The Morgan fingerprint density at radius 3 is 3.10 bits per heavy atom. The van der Waals surface area contributed by atoms with Crippen LogP contribution in [0.4, 0.5) is 0 Å². The monoisotopic (exact) mass is 139 g/mol. The summed E-state index contributed by atoms with van der Waals surface area (Å²) in [5.41, 5.74) is 0. The molecule has 2 atom stereocenters. The van der Waals surface area contributed by atoms with E-state index >= 15 is 0 Å². The van der Waals surface area contributed by atoms with E-state index in [0.29, 0.717) is 18.8 Å². The average Bonchev–Trinajstić information content (AvgIpc) is 2.31. The lowest BCUT2D eigenvalue weighted by Crippen LogP contribution is -2.18. The van der Waals surface area contributed by atoms with Crippen LogP contribution >= 0.6 is 0 Å². The number of nitrogens with one attached hydrogen (secondary N) is 1. The molecule has 1 aliphatic rings. The molecule has 56 valence electrons. The van der Waals surface area contributed by atoms with E-state index in [0.717, 1.165) is 13.0 Å². The van der Waals surface area contributed by atoms with E-state index in [4.69, 9.17) is 11.2 Å². The third-order valence-corrected chi connectivity index (χ3v) is 1.71. The van der Waals surface area contributed by atoms with Crippen molar-refractivity contribution in [3.05, 3.63) is 0 Å². The predicted octanol–water partition coefficient (Wildman–Crippen LogP) is 0.387. The van der Waals surface area contributed by atoms with Gasteiger partial charge in [-0.15, -0.1) is 6.42 Å². The van der Waals surface area contributed by atoms with Gasteiger partial charge in [0, 0.05) is 12.6 Å². The molecule has 1 heterocycles. The van der Waals surface area contributed by atoms with Gasteiger partial charge in [0.25, 0.3) is 0 Å². The molecule has 0 saturated carbocycles. The Kier molecular flexibility index (Phi) is 2.73. The molecule has 1 N–H and O–H groups in total. The van der Waals surface area contributed by atoms with Gasteiger partial charge in [-0.2, -0.15) is 0 Å². The first-order valence-electron chi connectivity index (χ1n) is 3.61. The molecule has 0 aliphatic carbocycles. The predicted molar refractivity (Wildman–Crippen MR) is 40.7 cm³/mol. The summed E-state index contributed by atoms with van der Waals surface area (Å²) >= 11 is 0. The quantitative estimate of drug-likeness (QED) is 0.559. The van der Waals surface area contributed by atoms with Crippen molar-refractivity contribution in [3.8, 4) is 12.3 Å². The Labute approximate surface area is 62.0 Å². The van der Waals surface area contributed by atoms with E-state index in [2.05, 4.69) is 18.2 Å². The zero-order chi connectivity index (χ0) is 7.40. The molecule has 0 amide bonds. The Balaban J connectivity index is 2.14. The van der Waals surface area contributed by atoms with Gasteiger partial charge in [0.15, 0.2) is 0 Å². The summed E-state index contributed by atoms with van der Waals surface area (Å²) in [4.78, 5) is 0. The Morgan fingerprint density at radius 2 is 2.60 bits per heavy atom. The summed E-state index contributed by atoms with van der Waals surface area (Å²) in [6.07, 6.45) is 6.47. The van der Waals surface area contributed by atoms with Crippen molar-refractivity contribution in [3.63, 3.8) is 0 Å². The fraction of sp³-hybridized carbons (Fsp3) is 0.750. The molecule has 1 saturated heterocycles. The summed E-state index contributed by atoms with van der Waals surface area (Å²) in [7, 11) is 0. The van der Waals surface area contributed by atoms with Crippen LogP contribution < -0.4 is 5.32 Å². The van der Waals surface area contributed by atoms with E-state index in [1.807, 2.05) is 0 Å². The molecular weight excluding hydrogens is 126 g/mol. The van der Waals surface area contributed by atoms with Crippen molar-refractivity contribution >= 4 is 0 Å². The first kappa shape index (κ1) is 7.59. The molecule has 2 nitrogen and oxygen atoms in total. The molecule has 2 unspecified atom stereocenters. The fourth-order valence-electron chi connectivity index (χ4n) is 1.19. The van der Waals surface area contributed by atoms with Gasteiger partial charge in [0.1, 0.15) is 6.61 Å². The molecule has 10 heavy (non-hydrogen) atoms. The topological polar surface area (TPSA) is 21.3 Å². The highest BCUT2D eigenvalue weighted by atomic mass is 16.5. The highest BCUT2D eigenvalue weighted by molar-refractivity contribution is 4.86. The van der Waals surface area contributed by atoms with E-state index in [-0.39, 0.29) is 0 Å². The van der Waals surface area contributed by atoms with Crippen LogP contribution in [0.25, 0.3) is 0 Å². The molecule has 0 aromatic rings. The van der Waals surface area contributed by atoms with Crippen molar-refractivity contribution in [2.24, 2.45) is 0 Å². The Bertz CT molecular complexity index is 139. The summed E-state index contributed by atoms with van der Waals surface area (Å²) in [5.74, 6) is 2.46. The summed E-state index contributed by atoms with van der Waals surface area (Å²) in [6.45, 7) is 3.54. The third kappa shape index (κ3) is 2.02. The van der Waals surface area contributed by atoms with Crippen LogP contribution in [0.5, 0.6) is 0 Å². The van der Waals surface area contributed by atoms with E-state index in [1.165, 1.54) is 0 Å². The molecule has 0 aromatic heterocycles. The van der Waals surface area contributed by atoms with Gasteiger partial charge >= 0.3 is 0 Å². The minimum atomic E-state index is 0.339. The molecule has 0 radical (unpaired) electrons. The molecule has 1 fully saturated rings. The van der Waals surface area contributed by atoms with Gasteiger partial charge < -0.3 is 10.1 Å². The average molecular weight is 139 g/mol. The molecule has 0 spiro atoms. The maximum absolute atomic E-state index is 5.32. The summed E-state index contributed by atoms with van der Waals surface area (Å²) < 4.78 is 5.32. The Hall–Kier alpha value is -0.520. The molecule has 0 aromatic carbocycles. The van der Waals surface area contributed by atoms with Gasteiger partial charge in [0.2, 0.25) is 0 Å². The van der Waals surface area contributed by atoms with Crippen LogP contribution in [0, 0.1) is 12.3 Å². The van der Waals surface area contributed by atoms with E-state index in [1.54, 1.807) is 0 Å². The number of rotatable bonds is 2. The summed E-state index contributed by atoms with van der Waals surface area (Å²) in [5, 5.41) is 3.28. The van der Waals surface area contributed by atoms with Gasteiger partial charge in [-0.05, 0) is 13.3 Å². The second kappa shape index (κ2) is 3.60. The molecular formula is C8H13NO. The zero-order valence-electron chi connectivity index (χ0n) is 6.26. The lowest BCUT2D eigenvalue weighted by molar-refractivity contribution is 0.0918. The normalized spacial score (nSPS) is 32.0. The van der Waals surface area contributed by atoms with Crippen LogP contribution in [-0.4, -0.2) is 25.3 Å². The zero-order valence-corrected chi connectivity index (χ0v) is 6.26. The highest BCUT2D eigenvalue weighted by Crippen LogP contribution is 2.08. The van der Waals surface area contributed by atoms with E-state index in [9.17, 15) is 0 Å². The molecule has 0 bridgehead atoms. The van der Waals surface area contributed by atoms with E-state index < -0.39 is 0 Å². The lowest BCUT2D eigenvalue weighted by atomic mass is 10.2. The number of hydrogen-bond donors (Lipinski definition) is 1. The Morgan fingerprint density at radius 1 is 1.80 bits per heavy atom. The van der Waals surface area contributed by atoms with Crippen LogP contribution in [0.2, 0.25) is 0 Å². The van der Waals surface area contributed by atoms with Gasteiger partial charge in [-0.25, -0.2) is 0 Å². The minimum absolute atomic E-state index is 0.339. The summed E-state index contributed by atoms with van der Waals surface area (Å²) in [6, 6.07) is 0.586. The van der Waals surface area contributed by atoms with Crippen LogP contribution in [0.3, 0.4) is 0 Å². The molecule has 2 heteroatoms. The second-order valence-electron chi connectivity index (χ2n) is 2.68. The smallest absolute Gasteiger partial charge is 0.107 e. The standard InChI is InChI=1S/C8H13NO/c1-3-4-10-8-5-7(2)9-6-8/h1,7-9H,4-6H2,2H3. The maximum Gasteiger partial charge on any atom is 0.107 e. The number of hydrogen-bond acceptors (Lipinski definition) is 2. The van der Waals surface area contributed by atoms with Crippen molar-refractivity contribution in [1.82, 2.24) is 5.32 Å². The SMILES string of the molecule is C#CCOC1CNC(C)C1. The van der Waals surface area contributed by atoms with Crippen LogP contribution in [-0.2, 0) is 4.74 Å². The second-order valence-corrected chi connectivity index (χ2v) is 2.68. The third-order valence-electron chi connectivity index (χ3n) is 1.71. The highest BCUT2D eigenvalue weighted by Gasteiger charge is 2.20. The number of ether oxygens (including phenoxy) is 1. The van der Waals surface area contributed by atoms with Gasteiger partial charge in [-0.3, -0.25) is 0 Å². The van der Waals surface area contributed by atoms with Crippen molar-refractivity contribution in [1.29, 1.82) is 0 Å². The molecule has 1 rings (SSSR count). The van der Waals surface area contributed by atoms with Crippen LogP contribution in [0.15, 0.2) is 0 Å². The fourth-order valence-corrected chi connectivity index (χ4v) is 1.19.